The maximum Gasteiger partial charge on any atom is 0.0735 e. The SMILES string of the molecule is C1CC(C2NC3CCCCC3S2)CC(C2CCC(N3C4CCCCC4OC4CCCCC43)C(N3C4CCCCC4OC4CCCCC43)C2N2C3CCCCC3OC3CCCCC32)C1. The van der Waals surface area contributed by atoms with E-state index in [0.717, 1.165) is 29.0 Å². The van der Waals surface area contributed by atoms with Gasteiger partial charge in [0.2, 0.25) is 0 Å². The molecule has 8 heteroatoms. The molecule has 13 rings (SSSR count). The Labute approximate surface area is 388 Å². The molecule has 13 fully saturated rings. The first kappa shape index (κ1) is 43.1. The predicted molar refractivity (Wildman–Crippen MR) is 255 cm³/mol. The number of hydrogen-bond donors (Lipinski definition) is 1. The third-order valence-electron chi connectivity index (χ3n) is 21.6. The van der Waals surface area contributed by atoms with Crippen molar-refractivity contribution in [3.8, 4) is 0 Å². The van der Waals surface area contributed by atoms with Crippen molar-refractivity contribution in [3.63, 3.8) is 0 Å². The van der Waals surface area contributed by atoms with Gasteiger partial charge in [-0.2, -0.15) is 0 Å². The summed E-state index contributed by atoms with van der Waals surface area (Å²) in [5.41, 5.74) is 0. The number of morpholine rings is 3. The molecular formula is C55H90N4O3S. The highest BCUT2D eigenvalue weighted by Gasteiger charge is 2.62. The van der Waals surface area contributed by atoms with Crippen molar-refractivity contribution in [3.05, 3.63) is 0 Å². The molecular weight excluding hydrogens is 797 g/mol. The van der Waals surface area contributed by atoms with E-state index in [2.05, 4.69) is 31.8 Å². The fourth-order valence-electron chi connectivity index (χ4n) is 19.1. The van der Waals surface area contributed by atoms with Gasteiger partial charge in [-0.15, -0.1) is 11.8 Å². The summed E-state index contributed by atoms with van der Waals surface area (Å²) in [7, 11) is 0. The summed E-state index contributed by atoms with van der Waals surface area (Å²) in [6.07, 6.45) is 50.0. The summed E-state index contributed by atoms with van der Waals surface area (Å²) in [5.74, 6) is 2.50. The quantitative estimate of drug-likeness (QED) is 0.293. The molecule has 9 aliphatic carbocycles. The van der Waals surface area contributed by atoms with E-state index < -0.39 is 0 Å². The number of rotatable bonds is 5. The van der Waals surface area contributed by atoms with E-state index in [1.165, 1.54) is 218 Å². The van der Waals surface area contributed by atoms with Crippen LogP contribution >= 0.6 is 11.8 Å². The van der Waals surface area contributed by atoms with Crippen LogP contribution in [-0.4, -0.2) is 122 Å². The molecule has 1 N–H and O–H groups in total. The van der Waals surface area contributed by atoms with E-state index in [4.69, 9.17) is 14.2 Å². The van der Waals surface area contributed by atoms with Gasteiger partial charge in [-0.3, -0.25) is 14.7 Å². The zero-order valence-corrected chi connectivity index (χ0v) is 40.5. The van der Waals surface area contributed by atoms with Gasteiger partial charge in [0.15, 0.2) is 0 Å². The second-order valence-corrected chi connectivity index (χ2v) is 26.1. The average Bonchev–Trinajstić information content (AvgIpc) is 3.79. The maximum absolute atomic E-state index is 7.46. The molecule has 354 valence electrons. The molecule has 21 unspecified atom stereocenters. The molecule has 0 radical (unpaired) electrons. The first-order valence-corrected chi connectivity index (χ1v) is 29.9. The Morgan fingerprint density at radius 2 is 0.746 bits per heavy atom. The molecule has 21 atom stereocenters. The van der Waals surface area contributed by atoms with E-state index in [9.17, 15) is 0 Å². The van der Waals surface area contributed by atoms with Gasteiger partial charge < -0.3 is 19.5 Å². The van der Waals surface area contributed by atoms with E-state index in [1.807, 2.05) is 0 Å². The van der Waals surface area contributed by atoms with Crippen LogP contribution in [0.3, 0.4) is 0 Å². The number of fused-ring (bicyclic) bond motifs is 7. The lowest BCUT2D eigenvalue weighted by atomic mass is 9.62. The molecule has 0 aromatic rings. The molecule has 7 nitrogen and oxygen atoms in total. The lowest BCUT2D eigenvalue weighted by Crippen LogP contribution is -2.79. The molecule has 0 bridgehead atoms. The van der Waals surface area contributed by atoms with Crippen LogP contribution < -0.4 is 5.32 Å². The van der Waals surface area contributed by atoms with Gasteiger partial charge in [-0.1, -0.05) is 103 Å². The van der Waals surface area contributed by atoms with E-state index in [-0.39, 0.29) is 0 Å². The first-order valence-electron chi connectivity index (χ1n) is 29.0. The lowest BCUT2D eigenvalue weighted by Gasteiger charge is -2.68. The van der Waals surface area contributed by atoms with Crippen LogP contribution in [0.25, 0.3) is 0 Å². The van der Waals surface area contributed by atoms with Gasteiger partial charge in [0, 0.05) is 65.7 Å². The summed E-state index contributed by atoms with van der Waals surface area (Å²) in [4.78, 5) is 10.4. The molecule has 4 aliphatic heterocycles. The molecule has 0 spiro atoms. The molecule has 9 saturated carbocycles. The third-order valence-corrected chi connectivity index (χ3v) is 23.3. The Kier molecular flexibility index (Phi) is 12.8. The standard InChI is InChI=1S/C55H90N4O3S/c1-14-31-52-38(18-1)56-55(63-52)36-17-15-16-35(34-36)37-32-33-45(57-39-19-2-8-25-46(39)60-47-26-9-3-20-40(47)57)54(59-43-23-6-12-29-50(43)62-51-30-13-7-24-44(51)59)53(37)58-41-21-4-10-27-48(41)61-49-28-11-5-22-42(49)58/h35-56H,1-34H2. The van der Waals surface area contributed by atoms with Crippen molar-refractivity contribution in [2.75, 3.05) is 0 Å². The summed E-state index contributed by atoms with van der Waals surface area (Å²) in [6.45, 7) is 0. The minimum absolute atomic E-state index is 0.442. The van der Waals surface area contributed by atoms with Crippen LogP contribution in [0.2, 0.25) is 0 Å². The van der Waals surface area contributed by atoms with Crippen molar-refractivity contribution in [2.45, 2.75) is 326 Å². The molecule has 13 aliphatic rings. The van der Waals surface area contributed by atoms with Crippen LogP contribution in [0.15, 0.2) is 0 Å². The van der Waals surface area contributed by atoms with Crippen LogP contribution in [0, 0.1) is 17.8 Å². The van der Waals surface area contributed by atoms with E-state index >= 15 is 0 Å². The van der Waals surface area contributed by atoms with Gasteiger partial charge >= 0.3 is 0 Å². The summed E-state index contributed by atoms with van der Waals surface area (Å²) < 4.78 is 22.3. The number of thioether (sulfide) groups is 1. The van der Waals surface area contributed by atoms with Crippen LogP contribution in [0.1, 0.15) is 218 Å². The number of nitrogens with one attached hydrogen (secondary N) is 1. The predicted octanol–water partition coefficient (Wildman–Crippen LogP) is 11.1. The molecule has 63 heavy (non-hydrogen) atoms. The monoisotopic (exact) mass is 887 g/mol. The van der Waals surface area contributed by atoms with Gasteiger partial charge in [0.1, 0.15) is 0 Å². The topological polar surface area (TPSA) is 49.4 Å². The first-order chi connectivity index (χ1) is 31.2. The Morgan fingerprint density at radius 1 is 0.333 bits per heavy atom. The molecule has 0 aromatic heterocycles. The fourth-order valence-corrected chi connectivity index (χ4v) is 20.9. The Balaban J connectivity index is 0.957. The smallest absolute Gasteiger partial charge is 0.0735 e. The Bertz CT molecular complexity index is 1470. The molecule has 0 amide bonds. The van der Waals surface area contributed by atoms with Crippen LogP contribution in [0.5, 0.6) is 0 Å². The molecule has 4 saturated heterocycles. The van der Waals surface area contributed by atoms with Gasteiger partial charge in [-0.05, 0) is 133 Å². The Morgan fingerprint density at radius 3 is 1.24 bits per heavy atom. The van der Waals surface area contributed by atoms with Gasteiger partial charge in [0.05, 0.1) is 42.0 Å². The van der Waals surface area contributed by atoms with Crippen LogP contribution in [0.4, 0.5) is 0 Å². The highest BCUT2D eigenvalue weighted by Crippen LogP contribution is 2.55. The van der Waals surface area contributed by atoms with Gasteiger partial charge in [-0.25, -0.2) is 0 Å². The normalized spacial score (nSPS) is 53.4. The highest BCUT2D eigenvalue weighted by molar-refractivity contribution is 8.00. The molecule has 0 aromatic carbocycles. The summed E-state index contributed by atoms with van der Waals surface area (Å²) in [5, 5.41) is 5.94. The highest BCUT2D eigenvalue weighted by atomic mass is 32.2. The largest absolute Gasteiger partial charge is 0.372 e. The van der Waals surface area contributed by atoms with Crippen molar-refractivity contribution in [1.82, 2.24) is 20.0 Å². The second kappa shape index (κ2) is 18.8. The third kappa shape index (κ3) is 7.93. The van der Waals surface area contributed by atoms with E-state index in [1.54, 1.807) is 0 Å². The minimum Gasteiger partial charge on any atom is -0.372 e. The Hall–Kier alpha value is 0.0700. The van der Waals surface area contributed by atoms with Crippen LogP contribution in [-0.2, 0) is 14.2 Å². The average molecular weight is 887 g/mol. The number of hydrogen-bond acceptors (Lipinski definition) is 8. The van der Waals surface area contributed by atoms with Gasteiger partial charge in [0.25, 0.3) is 0 Å². The minimum atomic E-state index is 0.442. The fraction of sp³-hybridized carbons (Fsp3) is 1.00. The number of ether oxygens (including phenoxy) is 3. The summed E-state index contributed by atoms with van der Waals surface area (Å²) in [6, 6.07) is 6.32. The molecule has 4 heterocycles. The van der Waals surface area contributed by atoms with Crippen molar-refractivity contribution in [1.29, 1.82) is 0 Å². The summed E-state index contributed by atoms with van der Waals surface area (Å²) >= 11 is 2.42. The zero-order valence-electron chi connectivity index (χ0n) is 39.6. The number of nitrogens with zero attached hydrogens (tertiary/aromatic N) is 3. The van der Waals surface area contributed by atoms with E-state index in [0.29, 0.717) is 96.4 Å². The van der Waals surface area contributed by atoms with Crippen molar-refractivity contribution in [2.24, 2.45) is 17.8 Å². The van der Waals surface area contributed by atoms with Crippen molar-refractivity contribution < 1.29 is 14.2 Å². The lowest BCUT2D eigenvalue weighted by molar-refractivity contribution is -0.252. The maximum atomic E-state index is 7.46. The zero-order chi connectivity index (χ0) is 41.4. The van der Waals surface area contributed by atoms with Crippen molar-refractivity contribution >= 4 is 11.8 Å². The second-order valence-electron chi connectivity index (χ2n) is 24.7.